The van der Waals surface area contributed by atoms with Crippen LogP contribution in [-0.4, -0.2) is 36.7 Å². The lowest BCUT2D eigenvalue weighted by Crippen LogP contribution is -2.38. The summed E-state index contributed by atoms with van der Waals surface area (Å²) in [7, 11) is 1.76. The molecule has 22 heavy (non-hydrogen) atoms. The summed E-state index contributed by atoms with van der Waals surface area (Å²) in [6.45, 7) is 9.10. The van der Waals surface area contributed by atoms with E-state index < -0.39 is 5.60 Å². The predicted octanol–water partition coefficient (Wildman–Crippen LogP) is 4.36. The second-order valence-corrected chi connectivity index (χ2v) is 7.29. The van der Waals surface area contributed by atoms with Crippen LogP contribution in [0.25, 0.3) is 0 Å². The minimum atomic E-state index is -0.457. The summed E-state index contributed by atoms with van der Waals surface area (Å²) in [5.74, 6) is 0. The molecule has 1 amide bonds. The Morgan fingerprint density at radius 3 is 2.64 bits per heavy atom. The summed E-state index contributed by atoms with van der Waals surface area (Å²) in [4.78, 5) is 13.5. The Morgan fingerprint density at radius 2 is 2.09 bits per heavy atom. The maximum atomic E-state index is 11.9. The largest absolute Gasteiger partial charge is 0.444 e. The molecule has 5 heteroatoms. The van der Waals surface area contributed by atoms with Crippen molar-refractivity contribution in [3.05, 3.63) is 34.3 Å². The highest BCUT2D eigenvalue weighted by Gasteiger charge is 2.19. The molecule has 124 valence electrons. The second kappa shape index (κ2) is 8.53. The van der Waals surface area contributed by atoms with Gasteiger partial charge < -0.3 is 15.0 Å². The first-order chi connectivity index (χ1) is 10.2. The Kier molecular flexibility index (Phi) is 7.36. The standard InChI is InChI=1S/C17H27BrN2O2/c1-6-15(13-8-7-9-14(18)12-13)19-10-11-20(5)16(21)22-17(2,3)4/h7-9,12,15,19H,6,10-11H2,1-5H3. The number of carbonyl (C=O) groups is 1. The van der Waals surface area contributed by atoms with Crippen molar-refractivity contribution >= 4 is 22.0 Å². The minimum Gasteiger partial charge on any atom is -0.444 e. The monoisotopic (exact) mass is 370 g/mol. The van der Waals surface area contributed by atoms with Gasteiger partial charge in [-0.05, 0) is 44.9 Å². The first-order valence-corrected chi connectivity index (χ1v) is 8.45. The van der Waals surface area contributed by atoms with Gasteiger partial charge in [-0.1, -0.05) is 35.0 Å². The zero-order chi connectivity index (χ0) is 16.8. The van der Waals surface area contributed by atoms with Crippen LogP contribution in [0.1, 0.15) is 45.7 Å². The molecule has 0 saturated carbocycles. The maximum absolute atomic E-state index is 11.9. The van der Waals surface area contributed by atoms with Gasteiger partial charge in [-0.25, -0.2) is 4.79 Å². The van der Waals surface area contributed by atoms with Gasteiger partial charge >= 0.3 is 6.09 Å². The van der Waals surface area contributed by atoms with Crippen molar-refractivity contribution in [2.75, 3.05) is 20.1 Å². The number of halogens is 1. The fourth-order valence-corrected chi connectivity index (χ4v) is 2.48. The number of amides is 1. The molecule has 4 nitrogen and oxygen atoms in total. The Labute approximate surface area is 142 Å². The van der Waals surface area contributed by atoms with Gasteiger partial charge in [0.2, 0.25) is 0 Å². The van der Waals surface area contributed by atoms with Crippen molar-refractivity contribution in [1.29, 1.82) is 0 Å². The number of nitrogens with zero attached hydrogens (tertiary/aromatic N) is 1. The molecule has 0 aromatic heterocycles. The molecule has 1 N–H and O–H groups in total. The summed E-state index contributed by atoms with van der Waals surface area (Å²) in [6.07, 6.45) is 0.705. The maximum Gasteiger partial charge on any atom is 0.410 e. The van der Waals surface area contributed by atoms with Crippen molar-refractivity contribution in [1.82, 2.24) is 10.2 Å². The Hall–Kier alpha value is -1.07. The summed E-state index contributed by atoms with van der Waals surface area (Å²) in [5.41, 5.74) is 0.790. The van der Waals surface area contributed by atoms with E-state index in [1.807, 2.05) is 32.9 Å². The predicted molar refractivity (Wildman–Crippen MR) is 94.0 cm³/mol. The van der Waals surface area contributed by atoms with Gasteiger partial charge in [0, 0.05) is 30.7 Å². The van der Waals surface area contributed by atoms with Crippen LogP contribution in [0.5, 0.6) is 0 Å². The molecule has 1 rings (SSSR count). The van der Waals surface area contributed by atoms with E-state index >= 15 is 0 Å². The highest BCUT2D eigenvalue weighted by Crippen LogP contribution is 2.20. The van der Waals surface area contributed by atoms with Crippen LogP contribution >= 0.6 is 15.9 Å². The van der Waals surface area contributed by atoms with E-state index in [4.69, 9.17) is 4.74 Å². The quantitative estimate of drug-likeness (QED) is 0.808. The van der Waals surface area contributed by atoms with Gasteiger partial charge in [-0.2, -0.15) is 0 Å². The van der Waals surface area contributed by atoms with Crippen LogP contribution in [0.4, 0.5) is 4.79 Å². The highest BCUT2D eigenvalue weighted by molar-refractivity contribution is 9.10. The second-order valence-electron chi connectivity index (χ2n) is 6.37. The molecular formula is C17H27BrN2O2. The Bertz CT molecular complexity index is 486. The molecule has 0 radical (unpaired) electrons. The van der Waals surface area contributed by atoms with Gasteiger partial charge in [-0.3, -0.25) is 0 Å². The molecule has 0 aliphatic heterocycles. The van der Waals surface area contributed by atoms with Crippen molar-refractivity contribution in [2.45, 2.75) is 45.8 Å². The van der Waals surface area contributed by atoms with Crippen molar-refractivity contribution in [2.24, 2.45) is 0 Å². The summed E-state index contributed by atoms with van der Waals surface area (Å²) in [6, 6.07) is 8.58. The fraction of sp³-hybridized carbons (Fsp3) is 0.588. The molecule has 0 aliphatic carbocycles. The fourth-order valence-electron chi connectivity index (χ4n) is 2.06. The first-order valence-electron chi connectivity index (χ1n) is 7.66. The first kappa shape index (κ1) is 19.0. The van der Waals surface area contributed by atoms with Gasteiger partial charge in [0.05, 0.1) is 0 Å². The van der Waals surface area contributed by atoms with Gasteiger partial charge in [0.25, 0.3) is 0 Å². The smallest absolute Gasteiger partial charge is 0.410 e. The van der Waals surface area contributed by atoms with Crippen LogP contribution in [0.2, 0.25) is 0 Å². The van der Waals surface area contributed by atoms with Crippen LogP contribution < -0.4 is 5.32 Å². The lowest BCUT2D eigenvalue weighted by atomic mass is 10.0. The van der Waals surface area contributed by atoms with Crippen LogP contribution in [0.15, 0.2) is 28.7 Å². The van der Waals surface area contributed by atoms with Crippen LogP contribution in [0, 0.1) is 0 Å². The molecule has 1 aromatic carbocycles. The number of rotatable bonds is 6. The molecule has 1 aromatic rings. The van der Waals surface area contributed by atoms with Crippen molar-refractivity contribution in [3.8, 4) is 0 Å². The molecule has 0 fully saturated rings. The third-order valence-electron chi connectivity index (χ3n) is 3.20. The summed E-state index contributed by atoms with van der Waals surface area (Å²) >= 11 is 3.50. The Morgan fingerprint density at radius 1 is 1.41 bits per heavy atom. The SMILES string of the molecule is CCC(NCCN(C)C(=O)OC(C)(C)C)c1cccc(Br)c1. The zero-order valence-corrected chi connectivity index (χ0v) is 15.7. The molecule has 0 saturated heterocycles. The molecule has 0 spiro atoms. The summed E-state index contributed by atoms with van der Waals surface area (Å²) in [5, 5.41) is 3.49. The van der Waals surface area contributed by atoms with E-state index in [-0.39, 0.29) is 12.1 Å². The average molecular weight is 371 g/mol. The van der Waals surface area contributed by atoms with Crippen molar-refractivity contribution in [3.63, 3.8) is 0 Å². The molecule has 1 unspecified atom stereocenters. The van der Waals surface area contributed by atoms with E-state index in [1.165, 1.54) is 5.56 Å². The third kappa shape index (κ3) is 6.79. The van der Waals surface area contributed by atoms with Crippen LogP contribution in [0.3, 0.4) is 0 Å². The average Bonchev–Trinajstić information content (AvgIpc) is 2.41. The van der Waals surface area contributed by atoms with Gasteiger partial charge in [0.1, 0.15) is 5.60 Å². The lowest BCUT2D eigenvalue weighted by molar-refractivity contribution is 0.0299. The number of hydrogen-bond acceptors (Lipinski definition) is 3. The topological polar surface area (TPSA) is 41.6 Å². The molecular weight excluding hydrogens is 344 g/mol. The summed E-state index contributed by atoms with van der Waals surface area (Å²) < 4.78 is 6.42. The van der Waals surface area contributed by atoms with E-state index in [0.717, 1.165) is 17.4 Å². The van der Waals surface area contributed by atoms with Gasteiger partial charge in [-0.15, -0.1) is 0 Å². The van der Waals surface area contributed by atoms with E-state index in [2.05, 4.69) is 40.3 Å². The number of ether oxygens (including phenoxy) is 1. The number of hydrogen-bond donors (Lipinski definition) is 1. The van der Waals surface area contributed by atoms with E-state index in [0.29, 0.717) is 6.54 Å². The third-order valence-corrected chi connectivity index (χ3v) is 3.70. The highest BCUT2D eigenvalue weighted by atomic mass is 79.9. The number of carbonyl (C=O) groups excluding carboxylic acids is 1. The Balaban J connectivity index is 2.46. The number of benzene rings is 1. The molecule has 0 bridgehead atoms. The van der Waals surface area contributed by atoms with Crippen LogP contribution in [-0.2, 0) is 4.74 Å². The number of likely N-dealkylation sites (N-methyl/N-ethyl adjacent to an activating group) is 1. The lowest BCUT2D eigenvalue weighted by Gasteiger charge is -2.25. The van der Waals surface area contributed by atoms with E-state index in [9.17, 15) is 4.79 Å². The molecule has 1 atom stereocenters. The van der Waals surface area contributed by atoms with Gasteiger partial charge in [0.15, 0.2) is 0 Å². The normalized spacial score (nSPS) is 12.8. The van der Waals surface area contributed by atoms with E-state index in [1.54, 1.807) is 11.9 Å². The minimum absolute atomic E-state index is 0.282. The molecule has 0 heterocycles. The van der Waals surface area contributed by atoms with Crippen molar-refractivity contribution < 1.29 is 9.53 Å². The molecule has 0 aliphatic rings. The zero-order valence-electron chi connectivity index (χ0n) is 14.1. The number of nitrogens with one attached hydrogen (secondary N) is 1.